The van der Waals surface area contributed by atoms with Gasteiger partial charge in [-0.15, -0.1) is 0 Å². The zero-order chi connectivity index (χ0) is 20.6. The zero-order valence-electron chi connectivity index (χ0n) is 16.4. The quantitative estimate of drug-likeness (QED) is 0.572. The standard InChI is InChI=1S/C21H23ClN4O3/c1-26(14-19(27)23-17-13-16(22)10-11-18(17)28-2)12-6-9-20-24-21(25-29-20)15-7-4-3-5-8-15/h3-5,7-8,10-11,13H,6,9,12,14H2,1-2H3,(H,23,27). The number of benzene rings is 2. The average Bonchev–Trinajstić information content (AvgIpc) is 3.17. The fourth-order valence-electron chi connectivity index (χ4n) is 2.85. The molecule has 2 aromatic carbocycles. The fourth-order valence-corrected chi connectivity index (χ4v) is 3.03. The maximum absolute atomic E-state index is 12.3. The Kier molecular flexibility index (Phi) is 7.21. The first kappa shape index (κ1) is 20.8. The lowest BCUT2D eigenvalue weighted by molar-refractivity contribution is -0.117. The predicted octanol–water partition coefficient (Wildman–Crippen LogP) is 3.90. The third kappa shape index (κ3) is 6.04. The number of nitrogens with one attached hydrogen (secondary N) is 1. The minimum Gasteiger partial charge on any atom is -0.495 e. The third-order valence-electron chi connectivity index (χ3n) is 4.28. The lowest BCUT2D eigenvalue weighted by atomic mass is 10.2. The number of hydrogen-bond acceptors (Lipinski definition) is 6. The highest BCUT2D eigenvalue weighted by Gasteiger charge is 2.12. The molecule has 0 aliphatic carbocycles. The van der Waals surface area contributed by atoms with E-state index in [0.717, 1.165) is 12.0 Å². The van der Waals surface area contributed by atoms with Crippen LogP contribution in [0.3, 0.4) is 0 Å². The minimum absolute atomic E-state index is 0.141. The molecule has 0 fully saturated rings. The summed E-state index contributed by atoms with van der Waals surface area (Å²) in [7, 11) is 3.43. The molecule has 0 unspecified atom stereocenters. The van der Waals surface area contributed by atoms with Crippen LogP contribution in [0.25, 0.3) is 11.4 Å². The summed E-state index contributed by atoms with van der Waals surface area (Å²) >= 11 is 5.99. The Balaban J connectivity index is 1.44. The first-order valence-electron chi connectivity index (χ1n) is 9.25. The molecule has 0 atom stereocenters. The van der Waals surface area contributed by atoms with Gasteiger partial charge in [0.15, 0.2) is 0 Å². The lowest BCUT2D eigenvalue weighted by Crippen LogP contribution is -2.31. The van der Waals surface area contributed by atoms with E-state index in [-0.39, 0.29) is 12.5 Å². The van der Waals surface area contributed by atoms with Crippen molar-refractivity contribution < 1.29 is 14.1 Å². The summed E-state index contributed by atoms with van der Waals surface area (Å²) in [6, 6.07) is 14.8. The van der Waals surface area contributed by atoms with Crippen molar-refractivity contribution in [2.24, 2.45) is 0 Å². The van der Waals surface area contributed by atoms with Crippen molar-refractivity contribution >= 4 is 23.2 Å². The van der Waals surface area contributed by atoms with Crippen molar-refractivity contribution in [3.8, 4) is 17.1 Å². The Morgan fingerprint density at radius 2 is 2.03 bits per heavy atom. The number of nitrogens with zero attached hydrogens (tertiary/aromatic N) is 3. The number of likely N-dealkylation sites (N-methyl/N-ethyl adjacent to an activating group) is 1. The lowest BCUT2D eigenvalue weighted by Gasteiger charge is -2.16. The van der Waals surface area contributed by atoms with Gasteiger partial charge in [-0.05, 0) is 38.2 Å². The number of methoxy groups -OCH3 is 1. The van der Waals surface area contributed by atoms with E-state index >= 15 is 0 Å². The summed E-state index contributed by atoms with van der Waals surface area (Å²) in [5.74, 6) is 1.60. The highest BCUT2D eigenvalue weighted by Crippen LogP contribution is 2.27. The van der Waals surface area contributed by atoms with Crippen LogP contribution in [0.5, 0.6) is 5.75 Å². The van der Waals surface area contributed by atoms with Gasteiger partial charge in [0.05, 0.1) is 19.3 Å². The molecule has 8 heteroatoms. The van der Waals surface area contributed by atoms with Gasteiger partial charge in [-0.3, -0.25) is 9.69 Å². The van der Waals surface area contributed by atoms with Crippen LogP contribution in [0.15, 0.2) is 53.1 Å². The molecule has 0 spiro atoms. The summed E-state index contributed by atoms with van der Waals surface area (Å²) in [4.78, 5) is 18.7. The molecule has 0 saturated carbocycles. The van der Waals surface area contributed by atoms with Gasteiger partial charge in [0, 0.05) is 17.0 Å². The molecule has 7 nitrogen and oxygen atoms in total. The van der Waals surface area contributed by atoms with Crippen LogP contribution in [0.2, 0.25) is 5.02 Å². The summed E-state index contributed by atoms with van der Waals surface area (Å²) < 4.78 is 10.6. The molecule has 1 N–H and O–H groups in total. The van der Waals surface area contributed by atoms with E-state index < -0.39 is 0 Å². The smallest absolute Gasteiger partial charge is 0.238 e. The summed E-state index contributed by atoms with van der Waals surface area (Å²) in [5, 5.41) is 7.38. The second-order valence-electron chi connectivity index (χ2n) is 6.61. The number of amides is 1. The van der Waals surface area contributed by atoms with Crippen LogP contribution in [0.4, 0.5) is 5.69 Å². The number of rotatable bonds is 9. The van der Waals surface area contributed by atoms with Crippen LogP contribution in [-0.2, 0) is 11.2 Å². The molecule has 1 aromatic heterocycles. The Labute approximate surface area is 174 Å². The normalized spacial score (nSPS) is 10.9. The molecule has 1 heterocycles. The number of hydrogen-bond donors (Lipinski definition) is 1. The molecule has 29 heavy (non-hydrogen) atoms. The number of carbonyl (C=O) groups is 1. The Morgan fingerprint density at radius 3 is 2.79 bits per heavy atom. The van der Waals surface area contributed by atoms with Crippen molar-refractivity contribution in [1.29, 1.82) is 0 Å². The van der Waals surface area contributed by atoms with Crippen LogP contribution in [0.1, 0.15) is 12.3 Å². The van der Waals surface area contributed by atoms with Gasteiger partial charge in [0.1, 0.15) is 5.75 Å². The zero-order valence-corrected chi connectivity index (χ0v) is 17.1. The van der Waals surface area contributed by atoms with E-state index in [1.54, 1.807) is 25.3 Å². The van der Waals surface area contributed by atoms with E-state index in [2.05, 4.69) is 15.5 Å². The first-order chi connectivity index (χ1) is 14.0. The second-order valence-corrected chi connectivity index (χ2v) is 7.05. The average molecular weight is 415 g/mol. The molecule has 0 radical (unpaired) electrons. The molecule has 0 bridgehead atoms. The van der Waals surface area contributed by atoms with E-state index in [9.17, 15) is 4.79 Å². The molecule has 0 saturated heterocycles. The largest absolute Gasteiger partial charge is 0.495 e. The number of aryl methyl sites for hydroxylation is 1. The van der Waals surface area contributed by atoms with Gasteiger partial charge in [0.25, 0.3) is 0 Å². The maximum atomic E-state index is 12.3. The molecule has 1 amide bonds. The Bertz CT molecular complexity index is 946. The second kappa shape index (κ2) is 10.0. The van der Waals surface area contributed by atoms with E-state index in [1.807, 2.05) is 42.3 Å². The maximum Gasteiger partial charge on any atom is 0.238 e. The number of halogens is 1. The molecule has 152 valence electrons. The molecule has 0 aliphatic rings. The molecular weight excluding hydrogens is 392 g/mol. The number of ether oxygens (including phenoxy) is 1. The molecule has 3 aromatic rings. The molecular formula is C21H23ClN4O3. The van der Waals surface area contributed by atoms with Crippen LogP contribution in [-0.4, -0.2) is 48.2 Å². The number of aromatic nitrogens is 2. The van der Waals surface area contributed by atoms with Gasteiger partial charge in [-0.25, -0.2) is 0 Å². The van der Waals surface area contributed by atoms with E-state index in [4.69, 9.17) is 20.9 Å². The van der Waals surface area contributed by atoms with E-state index in [0.29, 0.717) is 41.1 Å². The van der Waals surface area contributed by atoms with Crippen LogP contribution < -0.4 is 10.1 Å². The van der Waals surface area contributed by atoms with Gasteiger partial charge in [-0.1, -0.05) is 47.1 Å². The molecule has 0 aliphatic heterocycles. The van der Waals surface area contributed by atoms with Crippen molar-refractivity contribution in [1.82, 2.24) is 15.0 Å². The van der Waals surface area contributed by atoms with Crippen molar-refractivity contribution in [3.63, 3.8) is 0 Å². The van der Waals surface area contributed by atoms with Crippen LogP contribution in [0, 0.1) is 0 Å². The Hall–Kier alpha value is -2.90. The number of anilines is 1. The Morgan fingerprint density at radius 1 is 1.24 bits per heavy atom. The van der Waals surface area contributed by atoms with Crippen molar-refractivity contribution in [2.45, 2.75) is 12.8 Å². The number of carbonyl (C=O) groups excluding carboxylic acids is 1. The first-order valence-corrected chi connectivity index (χ1v) is 9.63. The van der Waals surface area contributed by atoms with E-state index in [1.165, 1.54) is 0 Å². The third-order valence-corrected chi connectivity index (χ3v) is 4.51. The van der Waals surface area contributed by atoms with Gasteiger partial charge in [-0.2, -0.15) is 4.98 Å². The highest BCUT2D eigenvalue weighted by molar-refractivity contribution is 6.31. The van der Waals surface area contributed by atoms with Crippen molar-refractivity contribution in [2.75, 3.05) is 32.6 Å². The SMILES string of the molecule is COc1ccc(Cl)cc1NC(=O)CN(C)CCCc1nc(-c2ccccc2)no1. The molecule has 3 rings (SSSR count). The summed E-state index contributed by atoms with van der Waals surface area (Å²) in [6.07, 6.45) is 1.44. The van der Waals surface area contributed by atoms with Gasteiger partial charge >= 0.3 is 0 Å². The topological polar surface area (TPSA) is 80.5 Å². The van der Waals surface area contributed by atoms with Crippen LogP contribution >= 0.6 is 11.6 Å². The van der Waals surface area contributed by atoms with Crippen molar-refractivity contribution in [3.05, 3.63) is 59.4 Å². The minimum atomic E-state index is -0.141. The predicted molar refractivity (Wildman–Crippen MR) is 112 cm³/mol. The van der Waals surface area contributed by atoms with Gasteiger partial charge < -0.3 is 14.6 Å². The fraction of sp³-hybridized carbons (Fsp3) is 0.286. The highest BCUT2D eigenvalue weighted by atomic mass is 35.5. The monoisotopic (exact) mass is 414 g/mol. The summed E-state index contributed by atoms with van der Waals surface area (Å²) in [6.45, 7) is 0.956. The summed E-state index contributed by atoms with van der Waals surface area (Å²) in [5.41, 5.74) is 1.48. The van der Waals surface area contributed by atoms with Gasteiger partial charge in [0.2, 0.25) is 17.6 Å².